The Morgan fingerprint density at radius 2 is 2.08 bits per heavy atom. The van der Waals surface area contributed by atoms with Gasteiger partial charge in [0.25, 0.3) is 0 Å². The molecule has 6 nitrogen and oxygen atoms in total. The Morgan fingerprint density at radius 1 is 1.32 bits per heavy atom. The standard InChI is InChI=1S/C15H16F3N3O3S/c16-15(17,18)24-14-4-2-1-3-13(14)19-7-11-8-20-21(9-11)12-5-6-25(22,23)10-12/h1-4,8-9,12,19H,5-7,10H2/t12-/m0/s1. The first-order valence-electron chi connectivity index (χ1n) is 7.54. The van der Waals surface area contributed by atoms with Crippen LogP contribution in [0.5, 0.6) is 5.75 Å². The van der Waals surface area contributed by atoms with Crippen LogP contribution in [0.2, 0.25) is 0 Å². The normalized spacial score (nSPS) is 19.7. The Hall–Kier alpha value is -2.23. The van der Waals surface area contributed by atoms with Crippen LogP contribution in [0, 0.1) is 0 Å². The average molecular weight is 375 g/mol. The summed E-state index contributed by atoms with van der Waals surface area (Å²) >= 11 is 0. The highest BCUT2D eigenvalue weighted by Crippen LogP contribution is 2.30. The first kappa shape index (κ1) is 17.6. The Morgan fingerprint density at radius 3 is 2.76 bits per heavy atom. The Balaban J connectivity index is 1.65. The molecule has 1 aromatic heterocycles. The summed E-state index contributed by atoms with van der Waals surface area (Å²) in [7, 11) is -3.01. The second-order valence-corrected chi connectivity index (χ2v) is 8.01. The molecular formula is C15H16F3N3O3S. The van der Waals surface area contributed by atoms with Crippen molar-refractivity contribution in [2.75, 3.05) is 16.8 Å². The van der Waals surface area contributed by atoms with Gasteiger partial charge in [0.05, 0.1) is 29.4 Å². The predicted octanol–water partition coefficient (Wildman–Crippen LogP) is 2.75. The third kappa shape index (κ3) is 4.65. The molecule has 3 rings (SSSR count). The number of alkyl halides is 3. The fraction of sp³-hybridized carbons (Fsp3) is 0.400. The molecule has 0 saturated carbocycles. The van der Waals surface area contributed by atoms with Gasteiger partial charge in [-0.05, 0) is 18.6 Å². The fourth-order valence-electron chi connectivity index (χ4n) is 2.68. The molecule has 1 N–H and O–H groups in total. The Kier molecular flexibility index (Phi) is 4.63. The molecule has 0 spiro atoms. The number of sulfone groups is 1. The molecule has 1 aliphatic rings. The summed E-state index contributed by atoms with van der Waals surface area (Å²) in [5.41, 5.74) is 0.933. The van der Waals surface area contributed by atoms with Gasteiger partial charge in [0.15, 0.2) is 15.6 Å². The van der Waals surface area contributed by atoms with E-state index in [-0.39, 0.29) is 35.5 Å². The highest BCUT2D eigenvalue weighted by atomic mass is 32.2. The van der Waals surface area contributed by atoms with Gasteiger partial charge in [-0.1, -0.05) is 12.1 Å². The minimum Gasteiger partial charge on any atom is -0.404 e. The van der Waals surface area contributed by atoms with Crippen LogP contribution < -0.4 is 10.1 Å². The summed E-state index contributed by atoms with van der Waals surface area (Å²) in [6, 6.07) is 5.56. The van der Waals surface area contributed by atoms with Crippen LogP contribution in [-0.2, 0) is 16.4 Å². The number of ether oxygens (including phenoxy) is 1. The number of nitrogens with one attached hydrogen (secondary N) is 1. The number of rotatable bonds is 5. The van der Waals surface area contributed by atoms with E-state index >= 15 is 0 Å². The van der Waals surface area contributed by atoms with Gasteiger partial charge in [0, 0.05) is 18.3 Å². The van der Waals surface area contributed by atoms with Crippen LogP contribution >= 0.6 is 0 Å². The van der Waals surface area contributed by atoms with Crippen molar-refractivity contribution in [2.24, 2.45) is 0 Å². The molecule has 136 valence electrons. The van der Waals surface area contributed by atoms with E-state index in [1.807, 2.05) is 0 Å². The van der Waals surface area contributed by atoms with Crippen molar-refractivity contribution >= 4 is 15.5 Å². The highest BCUT2D eigenvalue weighted by Gasteiger charge is 2.32. The monoisotopic (exact) mass is 375 g/mol. The topological polar surface area (TPSA) is 73.2 Å². The van der Waals surface area contributed by atoms with Gasteiger partial charge >= 0.3 is 6.36 Å². The van der Waals surface area contributed by atoms with Crippen LogP contribution in [0.3, 0.4) is 0 Å². The second-order valence-electron chi connectivity index (χ2n) is 5.78. The molecule has 1 saturated heterocycles. The van der Waals surface area contributed by atoms with E-state index in [0.29, 0.717) is 6.42 Å². The van der Waals surface area contributed by atoms with Crippen LogP contribution in [0.15, 0.2) is 36.7 Å². The SMILES string of the molecule is O=S1(=O)CC[C@H](n2cc(CNc3ccccc3OC(F)(F)F)cn2)C1. The zero-order valence-electron chi connectivity index (χ0n) is 13.0. The first-order chi connectivity index (χ1) is 11.7. The lowest BCUT2D eigenvalue weighted by atomic mass is 10.2. The smallest absolute Gasteiger partial charge is 0.404 e. The molecular weight excluding hydrogens is 359 g/mol. The number of para-hydroxylation sites is 2. The van der Waals surface area contributed by atoms with Crippen LogP contribution in [0.1, 0.15) is 18.0 Å². The van der Waals surface area contributed by atoms with Crippen molar-refractivity contribution in [1.82, 2.24) is 9.78 Å². The zero-order valence-corrected chi connectivity index (χ0v) is 13.8. The molecule has 1 aromatic carbocycles. The average Bonchev–Trinajstić information content (AvgIpc) is 3.11. The number of halogens is 3. The van der Waals surface area contributed by atoms with Gasteiger partial charge < -0.3 is 10.1 Å². The van der Waals surface area contributed by atoms with Gasteiger partial charge in [-0.2, -0.15) is 5.10 Å². The van der Waals surface area contributed by atoms with Crippen LogP contribution in [0.4, 0.5) is 18.9 Å². The van der Waals surface area contributed by atoms with Gasteiger partial charge in [0.2, 0.25) is 0 Å². The maximum atomic E-state index is 12.4. The quantitative estimate of drug-likeness (QED) is 0.870. The molecule has 2 aromatic rings. The lowest BCUT2D eigenvalue weighted by Gasteiger charge is -2.14. The molecule has 25 heavy (non-hydrogen) atoms. The lowest BCUT2D eigenvalue weighted by Crippen LogP contribution is -2.18. The maximum absolute atomic E-state index is 12.4. The maximum Gasteiger partial charge on any atom is 0.573 e. The number of benzene rings is 1. The number of anilines is 1. The van der Waals surface area contributed by atoms with Crippen molar-refractivity contribution < 1.29 is 26.3 Å². The molecule has 2 heterocycles. The summed E-state index contributed by atoms with van der Waals surface area (Å²) in [5.74, 6) is -0.110. The van der Waals surface area contributed by atoms with Crippen molar-refractivity contribution in [3.05, 3.63) is 42.2 Å². The summed E-state index contributed by atoms with van der Waals surface area (Å²) < 4.78 is 65.9. The van der Waals surface area contributed by atoms with Crippen LogP contribution in [-0.4, -0.2) is 36.1 Å². The Labute approximate surface area is 142 Å². The van der Waals surface area contributed by atoms with Gasteiger partial charge in [-0.3, -0.25) is 4.68 Å². The molecule has 0 unspecified atom stereocenters. The molecule has 1 atom stereocenters. The molecule has 0 bridgehead atoms. The van der Waals surface area contributed by atoms with E-state index in [1.54, 1.807) is 23.1 Å². The largest absolute Gasteiger partial charge is 0.573 e. The van der Waals surface area contributed by atoms with E-state index in [9.17, 15) is 21.6 Å². The van der Waals surface area contributed by atoms with Gasteiger partial charge in [0.1, 0.15) is 0 Å². The highest BCUT2D eigenvalue weighted by molar-refractivity contribution is 7.91. The molecule has 0 amide bonds. The van der Waals surface area contributed by atoms with Crippen molar-refractivity contribution in [3.8, 4) is 5.75 Å². The lowest BCUT2D eigenvalue weighted by molar-refractivity contribution is -0.274. The number of hydrogen-bond donors (Lipinski definition) is 1. The molecule has 0 aliphatic carbocycles. The van der Waals surface area contributed by atoms with E-state index in [0.717, 1.165) is 5.56 Å². The van der Waals surface area contributed by atoms with Crippen molar-refractivity contribution in [1.29, 1.82) is 0 Å². The van der Waals surface area contributed by atoms with E-state index in [2.05, 4.69) is 15.2 Å². The summed E-state index contributed by atoms with van der Waals surface area (Å²) in [5, 5.41) is 7.03. The van der Waals surface area contributed by atoms with Crippen molar-refractivity contribution in [2.45, 2.75) is 25.4 Å². The number of aromatic nitrogens is 2. The molecule has 10 heteroatoms. The number of hydrogen-bond acceptors (Lipinski definition) is 5. The number of nitrogens with zero attached hydrogens (tertiary/aromatic N) is 2. The van der Waals surface area contributed by atoms with E-state index in [1.165, 1.54) is 18.2 Å². The minimum atomic E-state index is -4.77. The van der Waals surface area contributed by atoms with Gasteiger partial charge in [-0.15, -0.1) is 13.2 Å². The van der Waals surface area contributed by atoms with Crippen molar-refractivity contribution in [3.63, 3.8) is 0 Å². The Bertz CT molecular complexity index is 849. The van der Waals surface area contributed by atoms with E-state index < -0.39 is 16.2 Å². The summed E-state index contributed by atoms with van der Waals surface area (Å²) in [4.78, 5) is 0. The van der Waals surface area contributed by atoms with Crippen LogP contribution in [0.25, 0.3) is 0 Å². The third-order valence-electron chi connectivity index (χ3n) is 3.83. The molecule has 1 aliphatic heterocycles. The van der Waals surface area contributed by atoms with Gasteiger partial charge in [-0.25, -0.2) is 8.42 Å². The zero-order chi connectivity index (χ0) is 18.1. The summed E-state index contributed by atoms with van der Waals surface area (Å²) in [6.45, 7) is 0.234. The molecule has 1 fully saturated rings. The fourth-order valence-corrected chi connectivity index (χ4v) is 4.38. The van der Waals surface area contributed by atoms with E-state index in [4.69, 9.17) is 0 Å². The first-order valence-corrected chi connectivity index (χ1v) is 9.36. The minimum absolute atomic E-state index is 0.0593. The third-order valence-corrected chi connectivity index (χ3v) is 5.58. The predicted molar refractivity (Wildman–Crippen MR) is 85.0 cm³/mol. The molecule has 0 radical (unpaired) electrons. The second kappa shape index (κ2) is 6.58. The summed E-state index contributed by atoms with van der Waals surface area (Å²) in [6.07, 6.45) is -0.993.